The van der Waals surface area contributed by atoms with Gasteiger partial charge in [0.15, 0.2) is 6.10 Å². The molecule has 0 radical (unpaired) electrons. The molecule has 5 aromatic rings. The number of imidazole rings is 1. The molecule has 5 heteroatoms. The van der Waals surface area contributed by atoms with Crippen LogP contribution in [0.5, 0.6) is 5.75 Å². The van der Waals surface area contributed by atoms with Crippen molar-refractivity contribution in [1.82, 2.24) is 9.55 Å². The number of aromatic nitrogens is 2. The highest BCUT2D eigenvalue weighted by atomic mass is 16.5. The van der Waals surface area contributed by atoms with E-state index in [1.165, 1.54) is 0 Å². The molecular formula is C29H20N4O. The number of ether oxygens (including phenoxy) is 1. The monoisotopic (exact) mass is 440 g/mol. The fraction of sp³-hybridized carbons (Fsp3) is 0.0690. The van der Waals surface area contributed by atoms with Crippen LogP contribution < -0.4 is 4.74 Å². The number of hydrogen-bond donors (Lipinski definition) is 0. The molecule has 4 aromatic carbocycles. The highest BCUT2D eigenvalue weighted by Gasteiger charge is 2.22. The van der Waals surface area contributed by atoms with E-state index in [1.807, 2.05) is 54.1 Å². The normalized spacial score (nSPS) is 11.5. The lowest BCUT2D eigenvalue weighted by Crippen LogP contribution is -2.13. The summed E-state index contributed by atoms with van der Waals surface area (Å²) in [5, 5.41) is 21.2. The van der Waals surface area contributed by atoms with Crippen molar-refractivity contribution in [3.8, 4) is 29.0 Å². The predicted octanol–water partition coefficient (Wildman–Crippen LogP) is 6.15. The number of nitriles is 2. The van der Waals surface area contributed by atoms with Crippen molar-refractivity contribution < 1.29 is 4.74 Å². The molecule has 0 bridgehead atoms. The Morgan fingerprint density at radius 1 is 0.853 bits per heavy atom. The highest BCUT2D eigenvalue weighted by molar-refractivity contribution is 5.97. The fourth-order valence-electron chi connectivity index (χ4n) is 4.17. The SMILES string of the molecule is Cn1cncc1C(Oc1ccc(C#N)cc1)c1ccc(C#N)c(-c2cccc3ccccc23)c1. The Morgan fingerprint density at radius 2 is 1.65 bits per heavy atom. The van der Waals surface area contributed by atoms with Gasteiger partial charge >= 0.3 is 0 Å². The van der Waals surface area contributed by atoms with Crippen LogP contribution in [0.4, 0.5) is 0 Å². The lowest BCUT2D eigenvalue weighted by Gasteiger charge is -2.21. The molecule has 0 fully saturated rings. The largest absolute Gasteiger partial charge is 0.479 e. The van der Waals surface area contributed by atoms with Crippen LogP contribution in [0.25, 0.3) is 21.9 Å². The zero-order chi connectivity index (χ0) is 23.5. The summed E-state index contributed by atoms with van der Waals surface area (Å²) < 4.78 is 8.34. The molecule has 0 saturated carbocycles. The molecule has 1 unspecified atom stereocenters. The summed E-state index contributed by atoms with van der Waals surface area (Å²) in [6.07, 6.45) is 3.06. The first kappa shape index (κ1) is 21.0. The first-order valence-corrected chi connectivity index (χ1v) is 10.8. The standard InChI is InChI=1S/C29H20N4O/c1-33-19-32-18-28(33)29(34-24-13-9-20(16-30)10-14-24)22-11-12-23(17-31)27(15-22)26-8-4-6-21-5-2-3-7-25(21)26/h2-15,18-19,29H,1H3. The Balaban J connectivity index is 1.65. The maximum atomic E-state index is 9.87. The van der Waals surface area contributed by atoms with E-state index in [-0.39, 0.29) is 0 Å². The summed E-state index contributed by atoms with van der Waals surface area (Å²) in [5.74, 6) is 0.640. The zero-order valence-corrected chi connectivity index (χ0v) is 18.5. The van der Waals surface area contributed by atoms with Crippen LogP contribution in [0.2, 0.25) is 0 Å². The molecule has 0 N–H and O–H groups in total. The van der Waals surface area contributed by atoms with Gasteiger partial charge in [0.1, 0.15) is 5.75 Å². The van der Waals surface area contributed by atoms with Gasteiger partial charge in [-0.2, -0.15) is 10.5 Å². The van der Waals surface area contributed by atoms with E-state index < -0.39 is 6.10 Å². The van der Waals surface area contributed by atoms with Gasteiger partial charge in [0.05, 0.1) is 41.5 Å². The molecule has 0 spiro atoms. The van der Waals surface area contributed by atoms with E-state index >= 15 is 0 Å². The van der Waals surface area contributed by atoms with E-state index in [2.05, 4.69) is 35.3 Å². The third-order valence-corrected chi connectivity index (χ3v) is 5.91. The summed E-state index contributed by atoms with van der Waals surface area (Å²) in [4.78, 5) is 4.28. The highest BCUT2D eigenvalue weighted by Crippen LogP contribution is 2.35. The van der Waals surface area contributed by atoms with E-state index in [0.29, 0.717) is 16.9 Å². The third-order valence-electron chi connectivity index (χ3n) is 5.91. The first-order chi connectivity index (χ1) is 16.7. The minimum Gasteiger partial charge on any atom is -0.479 e. The number of fused-ring (bicyclic) bond motifs is 1. The molecule has 0 saturated heterocycles. The average Bonchev–Trinajstić information content (AvgIpc) is 3.32. The predicted molar refractivity (Wildman–Crippen MR) is 131 cm³/mol. The first-order valence-electron chi connectivity index (χ1n) is 10.8. The van der Waals surface area contributed by atoms with Gasteiger partial charge in [-0.25, -0.2) is 4.98 Å². The Labute approximate surface area is 197 Å². The smallest absolute Gasteiger partial charge is 0.165 e. The second-order valence-corrected chi connectivity index (χ2v) is 8.01. The van der Waals surface area contributed by atoms with Gasteiger partial charge in [-0.05, 0) is 58.3 Å². The van der Waals surface area contributed by atoms with Crippen molar-refractivity contribution >= 4 is 10.8 Å². The molecule has 162 valence electrons. The van der Waals surface area contributed by atoms with E-state index in [4.69, 9.17) is 10.00 Å². The van der Waals surface area contributed by atoms with Gasteiger partial charge in [-0.1, -0.05) is 48.5 Å². The number of nitrogens with zero attached hydrogens (tertiary/aromatic N) is 4. The Bertz CT molecular complexity index is 1560. The summed E-state index contributed by atoms with van der Waals surface area (Å²) >= 11 is 0. The average molecular weight is 441 g/mol. The number of benzene rings is 4. The summed E-state index contributed by atoms with van der Waals surface area (Å²) in [6.45, 7) is 0. The Morgan fingerprint density at radius 3 is 2.38 bits per heavy atom. The molecule has 1 aromatic heterocycles. The van der Waals surface area contributed by atoms with Crippen LogP contribution in [-0.4, -0.2) is 9.55 Å². The van der Waals surface area contributed by atoms with Gasteiger partial charge in [0.2, 0.25) is 0 Å². The Hall–Kier alpha value is -4.87. The maximum Gasteiger partial charge on any atom is 0.165 e. The van der Waals surface area contributed by atoms with E-state index in [0.717, 1.165) is 33.2 Å². The molecule has 0 aliphatic rings. The minimum atomic E-state index is -0.457. The molecule has 34 heavy (non-hydrogen) atoms. The summed E-state index contributed by atoms with van der Waals surface area (Å²) in [5.41, 5.74) is 4.79. The molecule has 1 atom stereocenters. The lowest BCUT2D eigenvalue weighted by molar-refractivity contribution is 0.238. The summed E-state index contributed by atoms with van der Waals surface area (Å²) in [6, 6.07) is 31.6. The van der Waals surface area contributed by atoms with Crippen LogP contribution in [0.15, 0.2) is 97.5 Å². The number of hydrogen-bond acceptors (Lipinski definition) is 4. The maximum absolute atomic E-state index is 9.87. The fourth-order valence-corrected chi connectivity index (χ4v) is 4.17. The van der Waals surface area contributed by atoms with E-state index in [9.17, 15) is 5.26 Å². The van der Waals surface area contributed by atoms with Crippen LogP contribution in [0, 0.1) is 22.7 Å². The molecular weight excluding hydrogens is 420 g/mol. The van der Waals surface area contributed by atoms with Crippen molar-refractivity contribution in [3.05, 3.63) is 120 Å². The zero-order valence-electron chi connectivity index (χ0n) is 18.5. The molecule has 0 aliphatic heterocycles. The third kappa shape index (κ3) is 3.88. The number of aryl methyl sites for hydroxylation is 1. The topological polar surface area (TPSA) is 74.6 Å². The van der Waals surface area contributed by atoms with Crippen molar-refractivity contribution in [2.75, 3.05) is 0 Å². The van der Waals surface area contributed by atoms with Gasteiger partial charge < -0.3 is 9.30 Å². The van der Waals surface area contributed by atoms with Gasteiger partial charge in [-0.15, -0.1) is 0 Å². The van der Waals surface area contributed by atoms with Gasteiger partial charge in [0, 0.05) is 12.6 Å². The van der Waals surface area contributed by atoms with Gasteiger partial charge in [-0.3, -0.25) is 0 Å². The van der Waals surface area contributed by atoms with Gasteiger partial charge in [0.25, 0.3) is 0 Å². The van der Waals surface area contributed by atoms with Crippen LogP contribution in [0.1, 0.15) is 28.5 Å². The minimum absolute atomic E-state index is 0.457. The van der Waals surface area contributed by atoms with Crippen molar-refractivity contribution in [1.29, 1.82) is 10.5 Å². The molecule has 0 amide bonds. The van der Waals surface area contributed by atoms with Crippen molar-refractivity contribution in [3.63, 3.8) is 0 Å². The van der Waals surface area contributed by atoms with Crippen LogP contribution in [-0.2, 0) is 7.05 Å². The van der Waals surface area contributed by atoms with Crippen molar-refractivity contribution in [2.24, 2.45) is 7.05 Å². The van der Waals surface area contributed by atoms with Crippen molar-refractivity contribution in [2.45, 2.75) is 6.10 Å². The van der Waals surface area contributed by atoms with Crippen LogP contribution in [0.3, 0.4) is 0 Å². The quantitative estimate of drug-likeness (QED) is 0.328. The summed E-state index contributed by atoms with van der Waals surface area (Å²) in [7, 11) is 1.92. The molecule has 5 rings (SSSR count). The number of rotatable bonds is 5. The molecule has 1 heterocycles. The van der Waals surface area contributed by atoms with E-state index in [1.54, 1.807) is 36.8 Å². The Kier molecular flexibility index (Phi) is 5.52. The second kappa shape index (κ2) is 8.94. The molecule has 0 aliphatic carbocycles. The molecule has 5 nitrogen and oxygen atoms in total. The lowest BCUT2D eigenvalue weighted by atomic mass is 9.92. The van der Waals surface area contributed by atoms with Crippen LogP contribution >= 0.6 is 0 Å². The second-order valence-electron chi connectivity index (χ2n) is 8.01.